The highest BCUT2D eigenvalue weighted by Crippen LogP contribution is 2.25. The molecule has 2 rings (SSSR count). The van der Waals surface area contributed by atoms with Crippen LogP contribution in [0.1, 0.15) is 16.7 Å². The first kappa shape index (κ1) is 14.4. The number of anilines is 2. The number of nitrogens with one attached hydrogen (secondary N) is 1. The molecular formula is C15H18N2O2S. The van der Waals surface area contributed by atoms with Crippen LogP contribution in [0.3, 0.4) is 0 Å². The predicted molar refractivity (Wildman–Crippen MR) is 82.3 cm³/mol. The van der Waals surface area contributed by atoms with Gasteiger partial charge in [-0.3, -0.25) is 4.72 Å². The molecule has 4 nitrogen and oxygen atoms in total. The number of aryl methyl sites for hydroxylation is 2. The first-order valence-electron chi connectivity index (χ1n) is 6.26. The molecule has 0 fully saturated rings. The second-order valence-corrected chi connectivity index (χ2v) is 6.55. The molecule has 2 aromatic carbocycles. The van der Waals surface area contributed by atoms with E-state index in [1.807, 2.05) is 13.0 Å². The smallest absolute Gasteiger partial charge is 0.262 e. The molecule has 0 heterocycles. The molecule has 5 heteroatoms. The fourth-order valence-electron chi connectivity index (χ4n) is 1.96. The molecule has 0 radical (unpaired) electrons. The molecule has 0 saturated carbocycles. The monoisotopic (exact) mass is 290 g/mol. The molecule has 0 unspecified atom stereocenters. The molecule has 0 amide bonds. The van der Waals surface area contributed by atoms with Gasteiger partial charge in [0.1, 0.15) is 0 Å². The summed E-state index contributed by atoms with van der Waals surface area (Å²) in [6.07, 6.45) is 0. The lowest BCUT2D eigenvalue weighted by atomic mass is 10.2. The standard InChI is InChI=1S/C15H18N2O2S/c1-10-7-8-11(2)15(9-10)20(18,19)17-14-6-4-5-13(16)12(14)3/h4-9,17H,16H2,1-3H3. The Hall–Kier alpha value is -2.01. The van der Waals surface area contributed by atoms with E-state index in [9.17, 15) is 8.42 Å². The van der Waals surface area contributed by atoms with Crippen LogP contribution in [0, 0.1) is 20.8 Å². The van der Waals surface area contributed by atoms with Gasteiger partial charge in [-0.1, -0.05) is 18.2 Å². The van der Waals surface area contributed by atoms with Crippen LogP contribution in [-0.4, -0.2) is 8.42 Å². The van der Waals surface area contributed by atoms with Gasteiger partial charge in [0, 0.05) is 5.69 Å². The first-order valence-corrected chi connectivity index (χ1v) is 7.75. The van der Waals surface area contributed by atoms with Crippen LogP contribution in [0.4, 0.5) is 11.4 Å². The van der Waals surface area contributed by atoms with E-state index in [1.54, 1.807) is 44.2 Å². The lowest BCUT2D eigenvalue weighted by Crippen LogP contribution is -2.15. The van der Waals surface area contributed by atoms with Crippen molar-refractivity contribution in [3.8, 4) is 0 Å². The Bertz CT molecular complexity index is 752. The van der Waals surface area contributed by atoms with Gasteiger partial charge in [-0.15, -0.1) is 0 Å². The summed E-state index contributed by atoms with van der Waals surface area (Å²) in [4.78, 5) is 0.291. The van der Waals surface area contributed by atoms with Crippen LogP contribution in [0.5, 0.6) is 0 Å². The minimum absolute atomic E-state index is 0.291. The SMILES string of the molecule is Cc1ccc(C)c(S(=O)(=O)Nc2cccc(N)c2C)c1. The van der Waals surface area contributed by atoms with E-state index in [-0.39, 0.29) is 0 Å². The van der Waals surface area contributed by atoms with Crippen molar-refractivity contribution >= 4 is 21.4 Å². The van der Waals surface area contributed by atoms with Crippen molar-refractivity contribution in [2.45, 2.75) is 25.7 Å². The topological polar surface area (TPSA) is 72.2 Å². The normalized spacial score (nSPS) is 11.3. The van der Waals surface area contributed by atoms with Crippen molar-refractivity contribution in [1.82, 2.24) is 0 Å². The summed E-state index contributed by atoms with van der Waals surface area (Å²) < 4.78 is 27.6. The number of nitrogen functional groups attached to an aromatic ring is 1. The molecule has 106 valence electrons. The summed E-state index contributed by atoms with van der Waals surface area (Å²) in [6, 6.07) is 10.5. The fraction of sp³-hybridized carbons (Fsp3) is 0.200. The number of hydrogen-bond donors (Lipinski definition) is 2. The summed E-state index contributed by atoms with van der Waals surface area (Å²) in [6.45, 7) is 5.43. The Morgan fingerprint density at radius 1 is 1.05 bits per heavy atom. The maximum absolute atomic E-state index is 12.5. The molecule has 0 atom stereocenters. The summed E-state index contributed by atoms with van der Waals surface area (Å²) >= 11 is 0. The van der Waals surface area contributed by atoms with Crippen molar-refractivity contribution in [3.63, 3.8) is 0 Å². The van der Waals surface area contributed by atoms with E-state index in [2.05, 4.69) is 4.72 Å². The van der Waals surface area contributed by atoms with Gasteiger partial charge in [0.2, 0.25) is 0 Å². The number of rotatable bonds is 3. The van der Waals surface area contributed by atoms with Crippen LogP contribution >= 0.6 is 0 Å². The van der Waals surface area contributed by atoms with Gasteiger partial charge < -0.3 is 5.73 Å². The second-order valence-electron chi connectivity index (χ2n) is 4.89. The zero-order chi connectivity index (χ0) is 14.9. The summed E-state index contributed by atoms with van der Waals surface area (Å²) in [5, 5.41) is 0. The van der Waals surface area contributed by atoms with Crippen LogP contribution < -0.4 is 10.5 Å². The predicted octanol–water partition coefficient (Wildman–Crippen LogP) is 2.99. The Morgan fingerprint density at radius 2 is 1.75 bits per heavy atom. The van der Waals surface area contributed by atoms with Gasteiger partial charge in [0.25, 0.3) is 10.0 Å². The first-order chi connectivity index (χ1) is 9.31. The highest BCUT2D eigenvalue weighted by molar-refractivity contribution is 7.92. The van der Waals surface area contributed by atoms with E-state index >= 15 is 0 Å². The Labute approximate surface area is 119 Å². The quantitative estimate of drug-likeness (QED) is 0.854. The van der Waals surface area contributed by atoms with Crippen molar-refractivity contribution in [1.29, 1.82) is 0 Å². The van der Waals surface area contributed by atoms with Gasteiger partial charge in [0.05, 0.1) is 10.6 Å². The zero-order valence-electron chi connectivity index (χ0n) is 11.8. The van der Waals surface area contributed by atoms with Gasteiger partial charge in [-0.25, -0.2) is 8.42 Å². The Balaban J connectivity index is 2.46. The molecular weight excluding hydrogens is 272 g/mol. The van der Waals surface area contributed by atoms with Gasteiger partial charge >= 0.3 is 0 Å². The second kappa shape index (κ2) is 5.17. The number of hydrogen-bond acceptors (Lipinski definition) is 3. The third kappa shape index (κ3) is 2.77. The van der Waals surface area contributed by atoms with Crippen molar-refractivity contribution in [3.05, 3.63) is 53.1 Å². The van der Waals surface area contributed by atoms with E-state index < -0.39 is 10.0 Å². The van der Waals surface area contributed by atoms with Crippen molar-refractivity contribution in [2.24, 2.45) is 0 Å². The minimum Gasteiger partial charge on any atom is -0.398 e. The van der Waals surface area contributed by atoms with Crippen LogP contribution in [-0.2, 0) is 10.0 Å². The number of benzene rings is 2. The van der Waals surface area contributed by atoms with Gasteiger partial charge in [0.15, 0.2) is 0 Å². The highest BCUT2D eigenvalue weighted by Gasteiger charge is 2.18. The molecule has 0 aliphatic carbocycles. The van der Waals surface area contributed by atoms with Crippen molar-refractivity contribution in [2.75, 3.05) is 10.5 Å². The third-order valence-corrected chi connectivity index (χ3v) is 4.76. The molecule has 2 aromatic rings. The Kier molecular flexibility index (Phi) is 3.72. The average molecular weight is 290 g/mol. The lowest BCUT2D eigenvalue weighted by Gasteiger charge is -2.13. The van der Waals surface area contributed by atoms with Crippen molar-refractivity contribution < 1.29 is 8.42 Å². The van der Waals surface area contributed by atoms with E-state index in [0.717, 1.165) is 11.1 Å². The van der Waals surface area contributed by atoms with Crippen LogP contribution in [0.15, 0.2) is 41.3 Å². The van der Waals surface area contributed by atoms with Crippen LogP contribution in [0.2, 0.25) is 0 Å². The van der Waals surface area contributed by atoms with Crippen LogP contribution in [0.25, 0.3) is 0 Å². The largest absolute Gasteiger partial charge is 0.398 e. The Morgan fingerprint density at radius 3 is 2.45 bits per heavy atom. The maximum Gasteiger partial charge on any atom is 0.262 e. The van der Waals surface area contributed by atoms with E-state index in [0.29, 0.717) is 21.8 Å². The highest BCUT2D eigenvalue weighted by atomic mass is 32.2. The third-order valence-electron chi connectivity index (χ3n) is 3.25. The zero-order valence-corrected chi connectivity index (χ0v) is 12.6. The summed E-state index contributed by atoms with van der Waals surface area (Å²) in [5.41, 5.74) is 9.20. The molecule has 0 aliphatic heterocycles. The summed E-state index contributed by atoms with van der Waals surface area (Å²) in [7, 11) is -3.61. The molecule has 0 bridgehead atoms. The van der Waals surface area contributed by atoms with Gasteiger partial charge in [-0.05, 0) is 55.7 Å². The van der Waals surface area contributed by atoms with E-state index in [4.69, 9.17) is 5.73 Å². The molecule has 0 spiro atoms. The molecule has 0 saturated heterocycles. The summed E-state index contributed by atoms with van der Waals surface area (Å²) in [5.74, 6) is 0. The maximum atomic E-state index is 12.5. The average Bonchev–Trinajstić information content (AvgIpc) is 2.37. The molecule has 0 aromatic heterocycles. The van der Waals surface area contributed by atoms with Gasteiger partial charge in [-0.2, -0.15) is 0 Å². The lowest BCUT2D eigenvalue weighted by molar-refractivity contribution is 0.600. The molecule has 0 aliphatic rings. The molecule has 20 heavy (non-hydrogen) atoms. The molecule has 3 N–H and O–H groups in total. The number of nitrogens with two attached hydrogens (primary N) is 1. The van der Waals surface area contributed by atoms with E-state index in [1.165, 1.54) is 0 Å². The fourth-order valence-corrected chi connectivity index (χ4v) is 3.41. The minimum atomic E-state index is -3.61. The number of sulfonamides is 1.